The van der Waals surface area contributed by atoms with E-state index in [2.05, 4.69) is 15.9 Å². The van der Waals surface area contributed by atoms with Crippen molar-refractivity contribution < 1.29 is 9.53 Å². The number of carbonyl (C=O) groups excluding carboxylic acids is 1. The Hall–Kier alpha value is -1.59. The number of benzene rings is 1. The van der Waals surface area contributed by atoms with Gasteiger partial charge in [0.1, 0.15) is 5.75 Å². The number of halogens is 1. The Bertz CT molecular complexity index is 775. The number of fused-ring (bicyclic) bond motifs is 1. The van der Waals surface area contributed by atoms with Crippen molar-refractivity contribution in [3.05, 3.63) is 51.3 Å². The molecule has 1 aromatic carbocycles. The molecule has 5 heteroatoms. The van der Waals surface area contributed by atoms with Crippen LogP contribution in [0.4, 0.5) is 0 Å². The van der Waals surface area contributed by atoms with Crippen molar-refractivity contribution in [1.29, 1.82) is 0 Å². The topological polar surface area (TPSA) is 31.2 Å². The minimum atomic E-state index is 0.119. The van der Waals surface area contributed by atoms with Crippen LogP contribution >= 0.6 is 27.3 Å². The van der Waals surface area contributed by atoms with Gasteiger partial charge in [-0.2, -0.15) is 0 Å². The van der Waals surface area contributed by atoms with Crippen molar-refractivity contribution in [2.24, 2.45) is 0 Å². The van der Waals surface area contributed by atoms with Gasteiger partial charge in [0, 0.05) is 17.1 Å². The van der Waals surface area contributed by atoms with Gasteiger partial charge in [-0.1, -0.05) is 0 Å². The largest absolute Gasteiger partial charge is 0.497 e. The summed E-state index contributed by atoms with van der Waals surface area (Å²) in [5.41, 5.74) is 1.04. The van der Waals surface area contributed by atoms with E-state index in [4.69, 9.17) is 4.74 Å². The summed E-state index contributed by atoms with van der Waals surface area (Å²) in [6, 6.07) is 11.6. The number of carbonyl (C=O) groups is 1. The first-order valence-corrected chi connectivity index (χ1v) is 7.70. The van der Waals surface area contributed by atoms with E-state index in [-0.39, 0.29) is 5.78 Å². The van der Waals surface area contributed by atoms with Gasteiger partial charge < -0.3 is 9.30 Å². The fourth-order valence-corrected chi connectivity index (χ4v) is 3.46. The van der Waals surface area contributed by atoms with Gasteiger partial charge in [-0.25, -0.2) is 0 Å². The first-order valence-electron chi connectivity index (χ1n) is 6.09. The zero-order valence-electron chi connectivity index (χ0n) is 10.8. The average molecular weight is 350 g/mol. The lowest BCUT2D eigenvalue weighted by atomic mass is 10.2. The molecule has 0 aliphatic heterocycles. The van der Waals surface area contributed by atoms with Crippen LogP contribution in [0.1, 0.15) is 9.67 Å². The molecule has 0 saturated heterocycles. The van der Waals surface area contributed by atoms with Crippen LogP contribution < -0.4 is 4.74 Å². The number of thiophene rings is 1. The van der Waals surface area contributed by atoms with E-state index in [1.807, 2.05) is 47.2 Å². The number of rotatable bonds is 4. The van der Waals surface area contributed by atoms with Gasteiger partial charge in [0.2, 0.25) is 0 Å². The molecule has 0 aliphatic carbocycles. The molecule has 0 atom stereocenters. The van der Waals surface area contributed by atoms with Gasteiger partial charge in [-0.05, 0) is 52.3 Å². The van der Waals surface area contributed by atoms with Crippen LogP contribution in [0.5, 0.6) is 5.75 Å². The van der Waals surface area contributed by atoms with E-state index < -0.39 is 0 Å². The minimum absolute atomic E-state index is 0.119. The maximum absolute atomic E-state index is 12.2. The molecule has 0 unspecified atom stereocenters. The molecule has 0 bridgehead atoms. The minimum Gasteiger partial charge on any atom is -0.497 e. The number of Topliss-reactive ketones (excluding diaryl/α,β-unsaturated/α-hetero) is 1. The summed E-state index contributed by atoms with van der Waals surface area (Å²) in [4.78, 5) is 13.0. The lowest BCUT2D eigenvalue weighted by Gasteiger charge is -2.04. The lowest BCUT2D eigenvalue weighted by Crippen LogP contribution is -2.07. The third kappa shape index (κ3) is 2.51. The van der Waals surface area contributed by atoms with Gasteiger partial charge in [0.25, 0.3) is 0 Å². The fourth-order valence-electron chi connectivity index (χ4n) is 2.14. The Labute approximate surface area is 128 Å². The molecule has 0 fully saturated rings. The SMILES string of the molecule is COc1ccc2c(ccn2CC(=O)c2ccc(Br)s2)c1. The van der Waals surface area contributed by atoms with Crippen molar-refractivity contribution in [2.45, 2.75) is 6.54 Å². The Morgan fingerprint density at radius 3 is 2.85 bits per heavy atom. The highest BCUT2D eigenvalue weighted by Gasteiger charge is 2.11. The molecular formula is C15H12BrNO2S. The smallest absolute Gasteiger partial charge is 0.192 e. The second kappa shape index (κ2) is 5.42. The summed E-state index contributed by atoms with van der Waals surface area (Å²) in [5.74, 6) is 0.942. The van der Waals surface area contributed by atoms with Crippen molar-refractivity contribution in [2.75, 3.05) is 7.11 Å². The predicted octanol–water partition coefficient (Wildman–Crippen LogP) is 4.36. The first kappa shape index (κ1) is 13.4. The van der Waals surface area contributed by atoms with E-state index >= 15 is 0 Å². The van der Waals surface area contributed by atoms with Crippen molar-refractivity contribution in [3.63, 3.8) is 0 Å². The van der Waals surface area contributed by atoms with Gasteiger partial charge in [0.15, 0.2) is 5.78 Å². The fraction of sp³-hybridized carbons (Fsp3) is 0.133. The Morgan fingerprint density at radius 2 is 2.15 bits per heavy atom. The molecule has 3 aromatic rings. The van der Waals surface area contributed by atoms with Crippen LogP contribution in [0.2, 0.25) is 0 Å². The highest BCUT2D eigenvalue weighted by molar-refractivity contribution is 9.11. The normalized spacial score (nSPS) is 10.9. The van der Waals surface area contributed by atoms with Crippen LogP contribution in [0.15, 0.2) is 46.4 Å². The highest BCUT2D eigenvalue weighted by atomic mass is 79.9. The molecule has 0 radical (unpaired) electrons. The zero-order chi connectivity index (χ0) is 14.1. The number of aromatic nitrogens is 1. The Balaban J connectivity index is 1.89. The van der Waals surface area contributed by atoms with Crippen molar-refractivity contribution >= 4 is 44.0 Å². The van der Waals surface area contributed by atoms with Gasteiger partial charge in [0.05, 0.1) is 22.3 Å². The van der Waals surface area contributed by atoms with Gasteiger partial charge in [-0.15, -0.1) is 11.3 Å². The third-order valence-electron chi connectivity index (χ3n) is 3.14. The Kier molecular flexibility index (Phi) is 3.63. The van der Waals surface area contributed by atoms with E-state index in [0.29, 0.717) is 6.54 Å². The standard InChI is InChI=1S/C15H12BrNO2S/c1-19-11-2-3-12-10(8-11)6-7-17(12)9-13(18)14-4-5-15(16)20-14/h2-8H,9H2,1H3. The molecule has 0 amide bonds. The van der Waals surface area contributed by atoms with Crippen LogP contribution in [0.25, 0.3) is 10.9 Å². The average Bonchev–Trinajstić information content (AvgIpc) is 3.05. The molecule has 20 heavy (non-hydrogen) atoms. The molecule has 0 aliphatic rings. The zero-order valence-corrected chi connectivity index (χ0v) is 13.2. The van der Waals surface area contributed by atoms with E-state index in [1.165, 1.54) is 11.3 Å². The number of methoxy groups -OCH3 is 1. The summed E-state index contributed by atoms with van der Waals surface area (Å²) in [6.45, 7) is 0.350. The number of ether oxygens (including phenoxy) is 1. The Morgan fingerprint density at radius 1 is 1.30 bits per heavy atom. The number of hydrogen-bond acceptors (Lipinski definition) is 3. The number of hydrogen-bond donors (Lipinski definition) is 0. The van der Waals surface area contributed by atoms with Crippen LogP contribution in [-0.4, -0.2) is 17.5 Å². The molecule has 102 valence electrons. The summed E-state index contributed by atoms with van der Waals surface area (Å²) < 4.78 is 8.14. The van der Waals surface area contributed by atoms with E-state index in [1.54, 1.807) is 7.11 Å². The molecule has 3 rings (SSSR count). The molecule has 0 spiro atoms. The molecule has 2 heterocycles. The van der Waals surface area contributed by atoms with Crippen LogP contribution in [-0.2, 0) is 6.54 Å². The van der Waals surface area contributed by atoms with Crippen molar-refractivity contribution in [3.8, 4) is 5.75 Å². The van der Waals surface area contributed by atoms with E-state index in [0.717, 1.165) is 25.3 Å². The first-order chi connectivity index (χ1) is 9.67. The molecule has 3 nitrogen and oxygen atoms in total. The lowest BCUT2D eigenvalue weighted by molar-refractivity contribution is 0.0977. The number of ketones is 1. The van der Waals surface area contributed by atoms with Crippen LogP contribution in [0.3, 0.4) is 0 Å². The van der Waals surface area contributed by atoms with Gasteiger partial charge >= 0.3 is 0 Å². The summed E-state index contributed by atoms with van der Waals surface area (Å²) in [5, 5.41) is 1.07. The maximum atomic E-state index is 12.2. The van der Waals surface area contributed by atoms with Crippen LogP contribution in [0, 0.1) is 0 Å². The molecule has 0 N–H and O–H groups in total. The monoisotopic (exact) mass is 349 g/mol. The molecule has 0 saturated carbocycles. The second-order valence-corrected chi connectivity index (χ2v) is 6.86. The summed E-state index contributed by atoms with van der Waals surface area (Å²) >= 11 is 4.84. The second-order valence-electron chi connectivity index (χ2n) is 4.40. The third-order valence-corrected chi connectivity index (χ3v) is 4.80. The summed E-state index contributed by atoms with van der Waals surface area (Å²) in [6.07, 6.45) is 1.94. The van der Waals surface area contributed by atoms with Gasteiger partial charge in [-0.3, -0.25) is 4.79 Å². The summed E-state index contributed by atoms with van der Waals surface area (Å²) in [7, 11) is 1.65. The maximum Gasteiger partial charge on any atom is 0.192 e. The number of nitrogens with zero attached hydrogens (tertiary/aromatic N) is 1. The van der Waals surface area contributed by atoms with E-state index in [9.17, 15) is 4.79 Å². The highest BCUT2D eigenvalue weighted by Crippen LogP contribution is 2.25. The van der Waals surface area contributed by atoms with Crippen molar-refractivity contribution in [1.82, 2.24) is 4.57 Å². The quantitative estimate of drug-likeness (QED) is 0.655. The molecular weight excluding hydrogens is 338 g/mol. The predicted molar refractivity (Wildman–Crippen MR) is 84.8 cm³/mol. The molecule has 2 aromatic heterocycles.